The highest BCUT2D eigenvalue weighted by atomic mass is 32.2. The minimum atomic E-state index is -3.45. The van der Waals surface area contributed by atoms with E-state index in [9.17, 15) is 13.2 Å². The molecule has 3 rings (SSSR count). The standard InChI is InChI=1S/C21H25NO4S/c1-3-13-27(24,25)21(14-19(22-15-21)20(23)26-2)18-11-9-17(10-12-18)16-7-5-4-6-8-16/h4-12,19,22H,3,13-15H2,1-2H3. The van der Waals surface area contributed by atoms with Crippen LogP contribution in [0.5, 0.6) is 0 Å². The summed E-state index contributed by atoms with van der Waals surface area (Å²) in [4.78, 5) is 12.0. The minimum Gasteiger partial charge on any atom is -0.468 e. The molecule has 0 radical (unpaired) electrons. The van der Waals surface area contributed by atoms with E-state index in [4.69, 9.17) is 4.74 Å². The Balaban J connectivity index is 2.00. The van der Waals surface area contributed by atoms with Crippen LogP contribution in [0.4, 0.5) is 0 Å². The molecule has 1 saturated heterocycles. The Labute approximate surface area is 160 Å². The van der Waals surface area contributed by atoms with E-state index in [0.717, 1.165) is 16.7 Å². The van der Waals surface area contributed by atoms with Crippen molar-refractivity contribution in [3.63, 3.8) is 0 Å². The third-order valence-electron chi connectivity index (χ3n) is 5.24. The molecule has 0 bridgehead atoms. The summed E-state index contributed by atoms with van der Waals surface area (Å²) in [6, 6.07) is 17.0. The quantitative estimate of drug-likeness (QED) is 0.772. The molecule has 0 spiro atoms. The first kappa shape index (κ1) is 19.6. The second-order valence-corrected chi connectivity index (χ2v) is 9.34. The SMILES string of the molecule is CCCS(=O)(=O)C1(c2ccc(-c3ccccc3)cc2)CNC(C(=O)OC)C1. The lowest BCUT2D eigenvalue weighted by Crippen LogP contribution is -2.39. The fourth-order valence-electron chi connectivity index (χ4n) is 3.77. The number of carbonyl (C=O) groups excluding carboxylic acids is 1. The maximum atomic E-state index is 13.2. The number of carbonyl (C=O) groups is 1. The molecule has 1 N–H and O–H groups in total. The Hall–Kier alpha value is -2.18. The van der Waals surface area contributed by atoms with Crippen molar-refractivity contribution in [3.05, 3.63) is 60.2 Å². The Morgan fingerprint density at radius 3 is 2.33 bits per heavy atom. The topological polar surface area (TPSA) is 72.5 Å². The van der Waals surface area contributed by atoms with Crippen LogP contribution < -0.4 is 5.32 Å². The fraction of sp³-hybridized carbons (Fsp3) is 0.381. The first-order valence-electron chi connectivity index (χ1n) is 9.13. The van der Waals surface area contributed by atoms with Gasteiger partial charge in [-0.05, 0) is 29.5 Å². The van der Waals surface area contributed by atoms with Gasteiger partial charge in [0.15, 0.2) is 9.84 Å². The molecule has 27 heavy (non-hydrogen) atoms. The Kier molecular flexibility index (Phi) is 5.67. The smallest absolute Gasteiger partial charge is 0.322 e. The third kappa shape index (κ3) is 3.64. The van der Waals surface area contributed by atoms with Gasteiger partial charge in [0.25, 0.3) is 0 Å². The number of sulfone groups is 1. The fourth-order valence-corrected chi connectivity index (χ4v) is 5.92. The van der Waals surface area contributed by atoms with Crippen LogP contribution in [0.3, 0.4) is 0 Å². The zero-order valence-electron chi connectivity index (χ0n) is 15.6. The van der Waals surface area contributed by atoms with Crippen LogP contribution in [0.2, 0.25) is 0 Å². The van der Waals surface area contributed by atoms with E-state index in [0.29, 0.717) is 6.42 Å². The monoisotopic (exact) mass is 387 g/mol. The molecule has 1 fully saturated rings. The van der Waals surface area contributed by atoms with Crippen molar-refractivity contribution >= 4 is 15.8 Å². The molecule has 2 atom stereocenters. The molecule has 0 amide bonds. The van der Waals surface area contributed by atoms with Gasteiger partial charge in [-0.15, -0.1) is 0 Å². The van der Waals surface area contributed by atoms with E-state index in [-0.39, 0.29) is 18.7 Å². The number of rotatable bonds is 6. The summed E-state index contributed by atoms with van der Waals surface area (Å²) in [7, 11) is -2.13. The lowest BCUT2D eigenvalue weighted by molar-refractivity contribution is -0.142. The largest absolute Gasteiger partial charge is 0.468 e. The maximum Gasteiger partial charge on any atom is 0.322 e. The Morgan fingerprint density at radius 2 is 1.74 bits per heavy atom. The average molecular weight is 388 g/mol. The highest BCUT2D eigenvalue weighted by Crippen LogP contribution is 2.40. The molecular formula is C21H25NO4S. The molecule has 5 nitrogen and oxygen atoms in total. The van der Waals surface area contributed by atoms with Gasteiger partial charge in [-0.2, -0.15) is 0 Å². The first-order valence-corrected chi connectivity index (χ1v) is 10.8. The molecule has 0 saturated carbocycles. The highest BCUT2D eigenvalue weighted by Gasteiger charge is 2.52. The van der Waals surface area contributed by atoms with Crippen LogP contribution >= 0.6 is 0 Å². The molecule has 1 aliphatic rings. The van der Waals surface area contributed by atoms with Gasteiger partial charge in [-0.25, -0.2) is 8.42 Å². The predicted molar refractivity (Wildman–Crippen MR) is 106 cm³/mol. The molecular weight excluding hydrogens is 362 g/mol. The van der Waals surface area contributed by atoms with Crippen LogP contribution in [-0.2, 0) is 24.1 Å². The number of esters is 1. The van der Waals surface area contributed by atoms with Gasteiger partial charge in [0.1, 0.15) is 10.8 Å². The Bertz CT molecular complexity index is 894. The van der Waals surface area contributed by atoms with Gasteiger partial charge >= 0.3 is 5.97 Å². The van der Waals surface area contributed by atoms with Gasteiger partial charge in [-0.1, -0.05) is 61.5 Å². The molecule has 2 aromatic carbocycles. The van der Waals surface area contributed by atoms with Crippen LogP contribution in [0, 0.1) is 0 Å². The summed E-state index contributed by atoms with van der Waals surface area (Å²) < 4.78 is 30.1. The van der Waals surface area contributed by atoms with E-state index in [1.807, 2.05) is 61.5 Å². The second kappa shape index (κ2) is 7.82. The van der Waals surface area contributed by atoms with Crippen molar-refractivity contribution in [2.24, 2.45) is 0 Å². The Morgan fingerprint density at radius 1 is 1.11 bits per heavy atom. The molecule has 144 valence electrons. The maximum absolute atomic E-state index is 13.2. The summed E-state index contributed by atoms with van der Waals surface area (Å²) >= 11 is 0. The summed E-state index contributed by atoms with van der Waals surface area (Å²) in [5, 5.41) is 3.05. The van der Waals surface area contributed by atoms with Gasteiger partial charge in [0.2, 0.25) is 0 Å². The van der Waals surface area contributed by atoms with Crippen molar-refractivity contribution in [2.45, 2.75) is 30.6 Å². The zero-order chi connectivity index (χ0) is 19.5. The van der Waals surface area contributed by atoms with Crippen LogP contribution in [0.25, 0.3) is 11.1 Å². The minimum absolute atomic E-state index is 0.0863. The highest BCUT2D eigenvalue weighted by molar-refractivity contribution is 7.92. The second-order valence-electron chi connectivity index (χ2n) is 6.92. The van der Waals surface area contributed by atoms with E-state index in [1.54, 1.807) is 0 Å². The molecule has 0 aromatic heterocycles. The summed E-state index contributed by atoms with van der Waals surface area (Å²) in [5.74, 6) is -0.340. The van der Waals surface area contributed by atoms with Gasteiger partial charge in [0, 0.05) is 6.54 Å². The normalized spacial score (nSPS) is 22.5. The van der Waals surface area contributed by atoms with Crippen molar-refractivity contribution in [2.75, 3.05) is 19.4 Å². The molecule has 1 aliphatic heterocycles. The third-order valence-corrected chi connectivity index (χ3v) is 7.92. The summed E-state index contributed by atoms with van der Waals surface area (Å²) in [5.41, 5.74) is 2.82. The predicted octanol–water partition coefficient (Wildman–Crippen LogP) is 2.91. The van der Waals surface area contributed by atoms with E-state index in [2.05, 4.69) is 5.32 Å². The molecule has 2 aromatic rings. The van der Waals surface area contributed by atoms with Crippen LogP contribution in [0.15, 0.2) is 54.6 Å². The zero-order valence-corrected chi connectivity index (χ0v) is 16.5. The molecule has 0 aliphatic carbocycles. The number of benzene rings is 2. The van der Waals surface area contributed by atoms with E-state index < -0.39 is 26.6 Å². The van der Waals surface area contributed by atoms with Gasteiger partial charge in [-0.3, -0.25) is 4.79 Å². The van der Waals surface area contributed by atoms with Gasteiger partial charge < -0.3 is 10.1 Å². The van der Waals surface area contributed by atoms with E-state index >= 15 is 0 Å². The van der Waals surface area contributed by atoms with Crippen molar-refractivity contribution in [3.8, 4) is 11.1 Å². The lowest BCUT2D eigenvalue weighted by Gasteiger charge is -2.29. The van der Waals surface area contributed by atoms with Crippen molar-refractivity contribution < 1.29 is 17.9 Å². The number of ether oxygens (including phenoxy) is 1. The van der Waals surface area contributed by atoms with E-state index in [1.165, 1.54) is 7.11 Å². The number of hydrogen-bond donors (Lipinski definition) is 1. The molecule has 6 heteroatoms. The van der Waals surface area contributed by atoms with Crippen LogP contribution in [0.1, 0.15) is 25.3 Å². The number of hydrogen-bond acceptors (Lipinski definition) is 5. The molecule has 1 heterocycles. The van der Waals surface area contributed by atoms with Crippen molar-refractivity contribution in [1.82, 2.24) is 5.32 Å². The van der Waals surface area contributed by atoms with Crippen LogP contribution in [-0.4, -0.2) is 39.8 Å². The van der Waals surface area contributed by atoms with Gasteiger partial charge in [0.05, 0.1) is 12.9 Å². The lowest BCUT2D eigenvalue weighted by atomic mass is 9.93. The number of methoxy groups -OCH3 is 1. The summed E-state index contributed by atoms with van der Waals surface area (Å²) in [6.07, 6.45) is 0.724. The average Bonchev–Trinajstić information content (AvgIpc) is 3.15. The first-order chi connectivity index (χ1) is 12.9. The number of nitrogens with one attached hydrogen (secondary N) is 1. The molecule has 2 unspecified atom stereocenters. The summed E-state index contributed by atoms with van der Waals surface area (Å²) in [6.45, 7) is 2.06. The van der Waals surface area contributed by atoms with Crippen molar-refractivity contribution in [1.29, 1.82) is 0 Å².